The number of rotatable bonds is 4. The van der Waals surface area contributed by atoms with Crippen molar-refractivity contribution in [2.24, 2.45) is 0 Å². The fraction of sp³-hybridized carbons (Fsp3) is 0.556. The molecule has 0 saturated heterocycles. The third-order valence-corrected chi connectivity index (χ3v) is 7.51. The first-order valence-electron chi connectivity index (χ1n) is 4.82. The van der Waals surface area contributed by atoms with Gasteiger partial charge in [-0.2, -0.15) is 0 Å². The second-order valence-corrected chi connectivity index (χ2v) is 7.84. The smallest absolute Gasteiger partial charge is 0.206 e. The monoisotopic (exact) mass is 343 g/mol. The molecule has 0 bridgehead atoms. The zero-order valence-electron chi connectivity index (χ0n) is 8.37. The van der Waals surface area contributed by atoms with Gasteiger partial charge in [0, 0.05) is 15.9 Å². The van der Waals surface area contributed by atoms with Gasteiger partial charge in [0.2, 0.25) is 0 Å². The molecule has 0 radical (unpaired) electrons. The van der Waals surface area contributed by atoms with Crippen LogP contribution in [-0.4, -0.2) is 19.8 Å². The van der Waals surface area contributed by atoms with Crippen LogP contribution in [0.5, 0.6) is 0 Å². The second-order valence-electron chi connectivity index (χ2n) is 3.93. The van der Waals surface area contributed by atoms with Gasteiger partial charge in [-0.05, 0) is 46.6 Å². The highest BCUT2D eigenvalue weighted by molar-refractivity contribution is 9.10. The Morgan fingerprint density at radius 1 is 1.56 bits per heavy atom. The molecule has 1 heterocycles. The van der Waals surface area contributed by atoms with Gasteiger partial charge in [-0.3, -0.25) is 0 Å². The fourth-order valence-corrected chi connectivity index (χ4v) is 5.88. The molecule has 1 aromatic rings. The number of halogens is 2. The predicted molar refractivity (Wildman–Crippen MR) is 69.6 cm³/mol. The molecule has 1 aromatic heterocycles. The number of sulfonamides is 1. The van der Waals surface area contributed by atoms with E-state index < -0.39 is 15.6 Å². The highest BCUT2D eigenvalue weighted by atomic mass is 79.9. The van der Waals surface area contributed by atoms with Crippen molar-refractivity contribution in [2.45, 2.75) is 29.0 Å². The molecule has 2 rings (SSSR count). The summed E-state index contributed by atoms with van der Waals surface area (Å²) in [6.45, 7) is 0. The number of nitrogens with one attached hydrogen (secondary N) is 1. The van der Waals surface area contributed by atoms with E-state index in [1.807, 2.05) is 0 Å². The summed E-state index contributed by atoms with van der Waals surface area (Å²) in [5, 5.41) is 1.74. The Bertz CT molecular complexity index is 476. The minimum Gasteiger partial charge on any atom is -0.206 e. The molecular formula is C9H11BrClNO2S2. The van der Waals surface area contributed by atoms with Gasteiger partial charge in [-0.1, -0.05) is 0 Å². The van der Waals surface area contributed by atoms with Gasteiger partial charge < -0.3 is 0 Å². The Morgan fingerprint density at radius 2 is 2.25 bits per heavy atom. The van der Waals surface area contributed by atoms with E-state index in [1.54, 1.807) is 11.4 Å². The molecule has 0 unspecified atom stereocenters. The van der Waals surface area contributed by atoms with Crippen molar-refractivity contribution in [1.29, 1.82) is 0 Å². The highest BCUT2D eigenvalue weighted by Crippen LogP contribution is 2.36. The predicted octanol–water partition coefficient (Wildman–Crippen LogP) is 2.95. The molecule has 1 saturated carbocycles. The summed E-state index contributed by atoms with van der Waals surface area (Å²) in [5.41, 5.74) is -0.427. The Hall–Kier alpha value is 0.380. The zero-order valence-corrected chi connectivity index (χ0v) is 12.3. The Kier molecular flexibility index (Phi) is 3.66. The Labute approximate surface area is 112 Å². The van der Waals surface area contributed by atoms with Crippen molar-refractivity contribution in [2.75, 3.05) is 5.88 Å². The maximum Gasteiger partial charge on any atom is 0.251 e. The van der Waals surface area contributed by atoms with Crippen molar-refractivity contribution < 1.29 is 8.42 Å². The first kappa shape index (κ1) is 12.8. The molecule has 16 heavy (non-hydrogen) atoms. The maximum absolute atomic E-state index is 12.1. The average molecular weight is 345 g/mol. The van der Waals surface area contributed by atoms with Crippen molar-refractivity contribution in [3.8, 4) is 0 Å². The molecule has 0 aromatic carbocycles. The van der Waals surface area contributed by atoms with Gasteiger partial charge in [0.05, 0.1) is 0 Å². The van der Waals surface area contributed by atoms with E-state index in [1.165, 1.54) is 11.3 Å². The van der Waals surface area contributed by atoms with E-state index >= 15 is 0 Å². The molecule has 1 fully saturated rings. The van der Waals surface area contributed by atoms with Crippen molar-refractivity contribution in [1.82, 2.24) is 4.72 Å². The lowest BCUT2D eigenvalue weighted by molar-refractivity contribution is 0.252. The van der Waals surface area contributed by atoms with Crippen LogP contribution in [0, 0.1) is 0 Å². The lowest BCUT2D eigenvalue weighted by Gasteiger charge is -2.40. The average Bonchev–Trinajstić information content (AvgIpc) is 2.59. The van der Waals surface area contributed by atoms with E-state index in [9.17, 15) is 8.42 Å². The first-order chi connectivity index (χ1) is 7.49. The van der Waals surface area contributed by atoms with E-state index in [0.717, 1.165) is 19.3 Å². The molecule has 1 aliphatic rings. The normalized spacial score (nSPS) is 19.4. The second kappa shape index (κ2) is 4.57. The van der Waals surface area contributed by atoms with Crippen LogP contribution in [-0.2, 0) is 10.0 Å². The van der Waals surface area contributed by atoms with Crippen LogP contribution < -0.4 is 4.72 Å². The lowest BCUT2D eigenvalue weighted by Crippen LogP contribution is -2.54. The van der Waals surface area contributed by atoms with Crippen LogP contribution in [0.3, 0.4) is 0 Å². The molecule has 90 valence electrons. The van der Waals surface area contributed by atoms with Gasteiger partial charge in [0.15, 0.2) is 0 Å². The van der Waals surface area contributed by atoms with Crippen LogP contribution in [0.4, 0.5) is 0 Å². The maximum atomic E-state index is 12.1. The first-order valence-corrected chi connectivity index (χ1v) is 8.51. The minimum absolute atomic E-state index is 0.323. The standard InChI is InChI=1S/C9H11BrClNO2S2/c10-7-2-5-15-8(7)16(13,14)12-9(6-11)3-1-4-9/h2,5,12H,1,3-4,6H2. The molecule has 0 amide bonds. The summed E-state index contributed by atoms with van der Waals surface area (Å²) in [4.78, 5) is 0. The molecule has 3 nitrogen and oxygen atoms in total. The van der Waals surface area contributed by atoms with Crippen molar-refractivity contribution in [3.63, 3.8) is 0 Å². The summed E-state index contributed by atoms with van der Waals surface area (Å²) in [5.74, 6) is 0.329. The van der Waals surface area contributed by atoms with Crippen LogP contribution in [0.25, 0.3) is 0 Å². The molecular weight excluding hydrogens is 334 g/mol. The number of hydrogen-bond donors (Lipinski definition) is 1. The molecule has 1 N–H and O–H groups in total. The van der Waals surface area contributed by atoms with E-state index in [4.69, 9.17) is 11.6 Å². The lowest BCUT2D eigenvalue weighted by atomic mass is 9.79. The number of alkyl halides is 1. The molecule has 1 aliphatic carbocycles. The Balaban J connectivity index is 2.24. The molecule has 0 spiro atoms. The van der Waals surface area contributed by atoms with E-state index in [2.05, 4.69) is 20.7 Å². The van der Waals surface area contributed by atoms with E-state index in [-0.39, 0.29) is 0 Å². The number of hydrogen-bond acceptors (Lipinski definition) is 3. The van der Waals surface area contributed by atoms with Crippen molar-refractivity contribution >= 4 is 48.9 Å². The van der Waals surface area contributed by atoms with E-state index in [0.29, 0.717) is 14.6 Å². The van der Waals surface area contributed by atoms with Gasteiger partial charge in [-0.25, -0.2) is 13.1 Å². The van der Waals surface area contributed by atoms with Crippen molar-refractivity contribution in [3.05, 3.63) is 15.9 Å². The summed E-state index contributed by atoms with van der Waals surface area (Å²) < 4.78 is 27.8. The highest BCUT2D eigenvalue weighted by Gasteiger charge is 2.40. The zero-order chi connectivity index (χ0) is 11.8. The summed E-state index contributed by atoms with van der Waals surface area (Å²) in [6, 6.07) is 1.73. The summed E-state index contributed by atoms with van der Waals surface area (Å²) >= 11 is 10.3. The summed E-state index contributed by atoms with van der Waals surface area (Å²) in [6.07, 6.45) is 2.66. The quantitative estimate of drug-likeness (QED) is 0.854. The topological polar surface area (TPSA) is 46.2 Å². The third-order valence-electron chi connectivity index (χ3n) is 2.75. The van der Waals surface area contributed by atoms with Crippen LogP contribution >= 0.6 is 38.9 Å². The summed E-state index contributed by atoms with van der Waals surface area (Å²) in [7, 11) is -3.44. The van der Waals surface area contributed by atoms with Crippen LogP contribution in [0.1, 0.15) is 19.3 Å². The Morgan fingerprint density at radius 3 is 2.62 bits per heavy atom. The molecule has 0 aliphatic heterocycles. The van der Waals surface area contributed by atoms with Gasteiger partial charge in [-0.15, -0.1) is 22.9 Å². The largest absolute Gasteiger partial charge is 0.251 e. The van der Waals surface area contributed by atoms with Gasteiger partial charge >= 0.3 is 0 Å². The van der Waals surface area contributed by atoms with Crippen LogP contribution in [0.15, 0.2) is 20.1 Å². The van der Waals surface area contributed by atoms with Crippen LogP contribution in [0.2, 0.25) is 0 Å². The number of thiophene rings is 1. The van der Waals surface area contributed by atoms with Gasteiger partial charge in [0.1, 0.15) is 4.21 Å². The molecule has 7 heteroatoms. The third kappa shape index (κ3) is 2.31. The van der Waals surface area contributed by atoms with Gasteiger partial charge in [0.25, 0.3) is 10.0 Å². The SMILES string of the molecule is O=S(=O)(NC1(CCl)CCC1)c1sccc1Br. The fourth-order valence-electron chi connectivity index (χ4n) is 1.67. The minimum atomic E-state index is -3.44. The molecule has 0 atom stereocenters.